The van der Waals surface area contributed by atoms with E-state index >= 15 is 0 Å². The zero-order valence-electron chi connectivity index (χ0n) is 11.1. The van der Waals surface area contributed by atoms with E-state index in [4.69, 9.17) is 0 Å². The average Bonchev–Trinajstić information content (AvgIpc) is 3.32. The number of hydrogen-bond acceptors (Lipinski definition) is 3. The van der Waals surface area contributed by atoms with Crippen molar-refractivity contribution in [3.63, 3.8) is 0 Å². The zero-order valence-corrected chi connectivity index (χ0v) is 11.1. The lowest BCUT2D eigenvalue weighted by molar-refractivity contribution is -0.618. The predicted octanol–water partition coefficient (Wildman–Crippen LogP) is -0.180. The van der Waals surface area contributed by atoms with Crippen LogP contribution < -0.4 is 4.59 Å². The summed E-state index contributed by atoms with van der Waals surface area (Å²) in [6, 6.07) is 7.57. The number of nitrogens with zero attached hydrogens (tertiary/aromatic N) is 7. The highest BCUT2D eigenvalue weighted by Crippen LogP contribution is 2.07. The summed E-state index contributed by atoms with van der Waals surface area (Å²) in [5, 5.41) is 16.5. The summed E-state index contributed by atoms with van der Waals surface area (Å²) in [6.45, 7) is -1.78. The number of rotatable bonds is 4. The summed E-state index contributed by atoms with van der Waals surface area (Å²) in [6.07, 6.45) is 14.7. The Kier molecular flexibility index (Phi) is 2.50. The summed E-state index contributed by atoms with van der Waals surface area (Å²) in [5.74, 6) is 0. The molecule has 0 saturated heterocycles. The molecule has 0 fully saturated rings. The van der Waals surface area contributed by atoms with Gasteiger partial charge < -0.3 is 13.8 Å². The van der Waals surface area contributed by atoms with Crippen molar-refractivity contribution in [2.45, 2.75) is 0 Å². The quantitative estimate of drug-likeness (QED) is 0.527. The maximum Gasteiger partial charge on any atom is 0.665 e. The largest absolute Gasteiger partial charge is 0.665 e. The summed E-state index contributed by atoms with van der Waals surface area (Å²) >= 11 is 0. The molecule has 0 aliphatic rings. The van der Waals surface area contributed by atoms with Crippen LogP contribution in [0, 0.1) is 0 Å². The molecule has 0 amide bonds. The SMILES string of the molecule is c1cnn([B-](n2cccn2)(n2cccn2)[n+]2ccc[nH]2)c1. The maximum atomic E-state index is 4.44. The van der Waals surface area contributed by atoms with Gasteiger partial charge in [-0.2, -0.15) is 0 Å². The van der Waals surface area contributed by atoms with Gasteiger partial charge in [-0.1, -0.05) is 0 Å². The fourth-order valence-electron chi connectivity index (χ4n) is 2.73. The van der Waals surface area contributed by atoms with E-state index in [1.54, 1.807) is 18.6 Å². The van der Waals surface area contributed by atoms with Crippen molar-refractivity contribution in [2.24, 2.45) is 0 Å². The molecule has 8 nitrogen and oxygen atoms in total. The maximum absolute atomic E-state index is 4.44. The van der Waals surface area contributed by atoms with Gasteiger partial charge in [0.15, 0.2) is 0 Å². The van der Waals surface area contributed by atoms with Crippen LogP contribution in [-0.4, -0.2) is 40.9 Å². The van der Waals surface area contributed by atoms with E-state index < -0.39 is 6.69 Å². The van der Waals surface area contributed by atoms with Crippen molar-refractivity contribution in [1.29, 1.82) is 0 Å². The van der Waals surface area contributed by atoms with Gasteiger partial charge in [0, 0.05) is 24.7 Å². The number of hydrogen-bond donors (Lipinski definition) is 1. The van der Waals surface area contributed by atoms with E-state index in [2.05, 4.69) is 20.4 Å². The molecule has 21 heavy (non-hydrogen) atoms. The zero-order chi connectivity index (χ0) is 14.1. The molecule has 0 bridgehead atoms. The van der Waals surface area contributed by atoms with E-state index in [0.717, 1.165) is 0 Å². The van der Waals surface area contributed by atoms with E-state index in [1.807, 2.05) is 73.6 Å². The van der Waals surface area contributed by atoms with Crippen LogP contribution in [0.1, 0.15) is 0 Å². The highest BCUT2D eigenvalue weighted by molar-refractivity contribution is 6.65. The molecule has 0 radical (unpaired) electrons. The first-order chi connectivity index (χ1) is 10.4. The minimum Gasteiger partial charge on any atom is -0.332 e. The molecule has 104 valence electrons. The van der Waals surface area contributed by atoms with Gasteiger partial charge in [-0.15, -0.1) is 0 Å². The molecule has 0 aliphatic heterocycles. The fraction of sp³-hybridized carbons (Fsp3) is 0. The van der Waals surface area contributed by atoms with E-state index in [0.29, 0.717) is 0 Å². The molecule has 4 rings (SSSR count). The lowest BCUT2D eigenvalue weighted by Crippen LogP contribution is -2.80. The topological polar surface area (TPSA) is 73.1 Å². The van der Waals surface area contributed by atoms with E-state index in [9.17, 15) is 0 Å². The Morgan fingerprint density at radius 2 is 1.29 bits per heavy atom. The minimum absolute atomic E-state index is 1.74. The van der Waals surface area contributed by atoms with Crippen LogP contribution in [-0.2, 0) is 0 Å². The minimum atomic E-state index is -1.78. The molecule has 0 unspecified atom stereocenters. The molecule has 4 heterocycles. The second-order valence-corrected chi connectivity index (χ2v) is 4.70. The van der Waals surface area contributed by atoms with Crippen molar-refractivity contribution < 1.29 is 4.59 Å². The van der Waals surface area contributed by atoms with Gasteiger partial charge in [0.1, 0.15) is 6.20 Å². The summed E-state index contributed by atoms with van der Waals surface area (Å²) in [5.41, 5.74) is 0. The number of aromatic nitrogens is 8. The van der Waals surface area contributed by atoms with Gasteiger partial charge in [0.2, 0.25) is 0 Å². The van der Waals surface area contributed by atoms with Crippen molar-refractivity contribution in [3.05, 3.63) is 73.8 Å². The average molecular weight is 280 g/mol. The highest BCUT2D eigenvalue weighted by Gasteiger charge is 2.50. The Hall–Kier alpha value is -3.10. The van der Waals surface area contributed by atoms with Gasteiger partial charge >= 0.3 is 6.69 Å². The highest BCUT2D eigenvalue weighted by atomic mass is 15.6. The van der Waals surface area contributed by atoms with Crippen LogP contribution in [0.15, 0.2) is 73.8 Å². The van der Waals surface area contributed by atoms with Crippen LogP contribution in [0.4, 0.5) is 0 Å². The molecule has 9 heteroatoms. The Bertz CT molecular complexity index is 643. The van der Waals surface area contributed by atoms with Gasteiger partial charge in [-0.25, -0.2) is 20.4 Å². The molecule has 0 saturated carbocycles. The van der Waals surface area contributed by atoms with E-state index in [1.165, 1.54) is 0 Å². The third kappa shape index (κ3) is 1.57. The Morgan fingerprint density at radius 1 is 0.762 bits per heavy atom. The Labute approximate surface area is 120 Å². The van der Waals surface area contributed by atoms with Crippen LogP contribution in [0.25, 0.3) is 0 Å². The van der Waals surface area contributed by atoms with Gasteiger partial charge in [-0.3, -0.25) is 4.59 Å². The lowest BCUT2D eigenvalue weighted by Gasteiger charge is -2.32. The molecular weight excluding hydrogens is 267 g/mol. The molecular formula is C12H13BN8. The molecule has 1 N–H and O–H groups in total. The summed E-state index contributed by atoms with van der Waals surface area (Å²) in [4.78, 5) is 0. The van der Waals surface area contributed by atoms with Crippen molar-refractivity contribution in [2.75, 3.05) is 0 Å². The van der Waals surface area contributed by atoms with Crippen molar-refractivity contribution >= 4 is 6.69 Å². The molecule has 0 atom stereocenters. The van der Waals surface area contributed by atoms with Crippen molar-refractivity contribution in [3.8, 4) is 0 Å². The van der Waals surface area contributed by atoms with Crippen LogP contribution in [0.3, 0.4) is 0 Å². The van der Waals surface area contributed by atoms with Crippen LogP contribution >= 0.6 is 0 Å². The second kappa shape index (κ2) is 4.48. The monoisotopic (exact) mass is 280 g/mol. The predicted molar refractivity (Wildman–Crippen MR) is 75.0 cm³/mol. The second-order valence-electron chi connectivity index (χ2n) is 4.70. The first kappa shape index (κ1) is 11.7. The first-order valence-corrected chi connectivity index (χ1v) is 6.62. The Balaban J connectivity index is 2.10. The van der Waals surface area contributed by atoms with Gasteiger partial charge in [0.05, 0.1) is 6.20 Å². The smallest absolute Gasteiger partial charge is 0.332 e. The molecule has 0 aromatic carbocycles. The third-order valence-corrected chi connectivity index (χ3v) is 3.58. The third-order valence-electron chi connectivity index (χ3n) is 3.58. The summed E-state index contributed by atoms with van der Waals surface area (Å²) < 4.78 is 7.47. The lowest BCUT2D eigenvalue weighted by atomic mass is 9.75. The first-order valence-electron chi connectivity index (χ1n) is 6.62. The van der Waals surface area contributed by atoms with Crippen molar-refractivity contribution in [1.82, 2.24) is 34.2 Å². The number of aromatic amines is 1. The van der Waals surface area contributed by atoms with Crippen LogP contribution in [0.5, 0.6) is 0 Å². The normalized spacial score (nSPS) is 11.8. The number of H-pyrrole nitrogens is 1. The molecule has 4 aromatic rings. The fourth-order valence-corrected chi connectivity index (χ4v) is 2.73. The van der Waals surface area contributed by atoms with E-state index in [-0.39, 0.29) is 0 Å². The van der Waals surface area contributed by atoms with Gasteiger partial charge in [0.25, 0.3) is 0 Å². The van der Waals surface area contributed by atoms with Gasteiger partial charge in [-0.05, 0) is 36.8 Å². The van der Waals surface area contributed by atoms with Crippen LogP contribution in [0.2, 0.25) is 0 Å². The molecule has 0 spiro atoms. The number of nitrogens with one attached hydrogen (secondary N) is 1. The standard InChI is InChI=1S/C12H13BN8/c1-5-14-18(9-1)13(19-10-2-6-15-19,20-11-3-7-16-20)21-12-4-8-17-21/h1-12,14H. The molecule has 4 aromatic heterocycles. The summed E-state index contributed by atoms with van der Waals surface area (Å²) in [7, 11) is 0. The molecule has 0 aliphatic carbocycles. The Morgan fingerprint density at radius 3 is 1.62 bits per heavy atom.